The molecule has 1 N–H and O–H groups in total. The lowest BCUT2D eigenvalue weighted by molar-refractivity contribution is 0.454. The molecule has 68 valence electrons. The van der Waals surface area contributed by atoms with E-state index in [2.05, 4.69) is 17.1 Å². The van der Waals surface area contributed by atoms with Crippen molar-refractivity contribution in [3.8, 4) is 0 Å². The summed E-state index contributed by atoms with van der Waals surface area (Å²) < 4.78 is 5.25. The molecular formula is C9H11N3O. The zero-order chi connectivity index (χ0) is 9.10. The van der Waals surface area contributed by atoms with Crippen LogP contribution in [-0.4, -0.2) is 23.9 Å². The topological polar surface area (TPSA) is 40.8 Å². The molecule has 0 aromatic carbocycles. The molecule has 1 aromatic rings. The fourth-order valence-electron chi connectivity index (χ4n) is 1.26. The largest absolute Gasteiger partial charge is 0.461 e. The van der Waals surface area contributed by atoms with Gasteiger partial charge in [0.1, 0.15) is 6.67 Å². The summed E-state index contributed by atoms with van der Waals surface area (Å²) >= 11 is 0. The Balaban J connectivity index is 2.18. The van der Waals surface area contributed by atoms with E-state index in [0.29, 0.717) is 6.67 Å². The molecular weight excluding hydrogens is 166 g/mol. The van der Waals surface area contributed by atoms with Gasteiger partial charge >= 0.3 is 0 Å². The lowest BCUT2D eigenvalue weighted by Gasteiger charge is -2.14. The van der Waals surface area contributed by atoms with Crippen molar-refractivity contribution in [2.75, 3.05) is 13.2 Å². The Morgan fingerprint density at radius 3 is 3.38 bits per heavy atom. The lowest BCUT2D eigenvalue weighted by Crippen LogP contribution is -2.29. The molecule has 13 heavy (non-hydrogen) atoms. The second kappa shape index (κ2) is 3.35. The highest BCUT2D eigenvalue weighted by Crippen LogP contribution is 2.09. The van der Waals surface area contributed by atoms with Crippen molar-refractivity contribution in [3.63, 3.8) is 0 Å². The number of furan rings is 1. The van der Waals surface area contributed by atoms with Gasteiger partial charge in [-0.1, -0.05) is 6.08 Å². The zero-order valence-corrected chi connectivity index (χ0v) is 7.23. The highest BCUT2D eigenvalue weighted by Gasteiger charge is 2.18. The fourth-order valence-corrected chi connectivity index (χ4v) is 1.26. The molecule has 1 aromatic heterocycles. The van der Waals surface area contributed by atoms with Crippen LogP contribution in [0.25, 0.3) is 0 Å². The summed E-state index contributed by atoms with van der Waals surface area (Å²) in [6, 6.07) is 3.74. The molecule has 0 radical (unpaired) electrons. The first-order valence-electron chi connectivity index (χ1n) is 4.12. The number of hydrogen-bond acceptors (Lipinski definition) is 4. The Morgan fingerprint density at radius 2 is 2.69 bits per heavy atom. The predicted octanol–water partition coefficient (Wildman–Crippen LogP) is 0.990. The molecule has 4 heteroatoms. The Kier molecular flexibility index (Phi) is 2.04. The van der Waals surface area contributed by atoms with Crippen LogP contribution in [0.3, 0.4) is 0 Å². The van der Waals surface area contributed by atoms with Gasteiger partial charge in [-0.05, 0) is 12.1 Å². The molecule has 0 atom stereocenters. The van der Waals surface area contributed by atoms with Crippen molar-refractivity contribution in [2.24, 2.45) is 5.10 Å². The molecule has 2 heterocycles. The number of amidine groups is 1. The summed E-state index contributed by atoms with van der Waals surface area (Å²) in [5, 5.41) is 4.13. The Labute approximate surface area is 76.5 Å². The van der Waals surface area contributed by atoms with Crippen molar-refractivity contribution in [3.05, 3.63) is 36.8 Å². The van der Waals surface area contributed by atoms with E-state index in [-0.39, 0.29) is 0 Å². The van der Waals surface area contributed by atoms with E-state index in [0.717, 1.165) is 18.1 Å². The number of nitrogens with one attached hydrogen (secondary N) is 1. The Bertz CT molecular complexity index is 316. The normalized spacial score (nSPS) is 15.4. The van der Waals surface area contributed by atoms with Crippen molar-refractivity contribution in [2.45, 2.75) is 0 Å². The van der Waals surface area contributed by atoms with Gasteiger partial charge in [0.05, 0.1) is 6.26 Å². The third-order valence-electron chi connectivity index (χ3n) is 1.84. The first-order chi connectivity index (χ1) is 6.42. The summed E-state index contributed by atoms with van der Waals surface area (Å²) in [5.41, 5.74) is 2.90. The minimum atomic E-state index is 0.710. The van der Waals surface area contributed by atoms with Crippen LogP contribution in [0, 0.1) is 0 Å². The first kappa shape index (κ1) is 7.91. The zero-order valence-electron chi connectivity index (χ0n) is 7.23. The number of hydrazone groups is 1. The van der Waals surface area contributed by atoms with E-state index in [4.69, 9.17) is 4.42 Å². The molecule has 0 unspecified atom stereocenters. The maximum atomic E-state index is 5.25. The van der Waals surface area contributed by atoms with Crippen LogP contribution in [0.15, 0.2) is 40.6 Å². The average molecular weight is 177 g/mol. The maximum Gasteiger partial charge on any atom is 0.193 e. The Morgan fingerprint density at radius 1 is 1.77 bits per heavy atom. The van der Waals surface area contributed by atoms with Crippen molar-refractivity contribution < 1.29 is 4.42 Å². The van der Waals surface area contributed by atoms with E-state index in [1.54, 1.807) is 6.26 Å². The van der Waals surface area contributed by atoms with E-state index in [9.17, 15) is 0 Å². The van der Waals surface area contributed by atoms with Gasteiger partial charge in [-0.3, -0.25) is 5.43 Å². The summed E-state index contributed by atoms with van der Waals surface area (Å²) in [7, 11) is 0. The first-order valence-corrected chi connectivity index (χ1v) is 4.12. The van der Waals surface area contributed by atoms with Gasteiger partial charge < -0.3 is 9.32 Å². The van der Waals surface area contributed by atoms with Gasteiger partial charge in [-0.2, -0.15) is 5.10 Å². The number of nitrogens with zero attached hydrogens (tertiary/aromatic N) is 2. The van der Waals surface area contributed by atoms with Crippen LogP contribution in [0.1, 0.15) is 5.76 Å². The highest BCUT2D eigenvalue weighted by molar-refractivity contribution is 5.96. The lowest BCUT2D eigenvalue weighted by atomic mass is 10.4. The minimum Gasteiger partial charge on any atom is -0.461 e. The smallest absolute Gasteiger partial charge is 0.193 e. The second-order valence-corrected chi connectivity index (χ2v) is 2.74. The molecule has 0 bridgehead atoms. The molecule has 0 fully saturated rings. The standard InChI is InChI=1S/C9H11N3O/c1-2-5-12-7-10-11-9(12)8-4-3-6-13-8/h2-4,6,10H,1,5,7H2. The van der Waals surface area contributed by atoms with Gasteiger partial charge in [0.15, 0.2) is 11.6 Å². The van der Waals surface area contributed by atoms with Crippen LogP contribution < -0.4 is 5.43 Å². The summed E-state index contributed by atoms with van der Waals surface area (Å²) in [6.07, 6.45) is 3.48. The maximum absolute atomic E-state index is 5.25. The third kappa shape index (κ3) is 1.42. The van der Waals surface area contributed by atoms with E-state index < -0.39 is 0 Å². The van der Waals surface area contributed by atoms with Crippen LogP contribution in [-0.2, 0) is 0 Å². The quantitative estimate of drug-likeness (QED) is 0.700. The molecule has 1 aliphatic rings. The van der Waals surface area contributed by atoms with E-state index >= 15 is 0 Å². The van der Waals surface area contributed by atoms with Crippen LogP contribution >= 0.6 is 0 Å². The predicted molar refractivity (Wildman–Crippen MR) is 50.2 cm³/mol. The summed E-state index contributed by atoms with van der Waals surface area (Å²) in [4.78, 5) is 2.05. The van der Waals surface area contributed by atoms with Crippen molar-refractivity contribution >= 4 is 5.84 Å². The SMILES string of the molecule is C=CCN1CNN=C1c1ccco1. The van der Waals surface area contributed by atoms with Gasteiger partial charge in [-0.25, -0.2) is 0 Å². The van der Waals surface area contributed by atoms with Crippen molar-refractivity contribution in [1.29, 1.82) is 0 Å². The number of rotatable bonds is 3. The molecule has 0 spiro atoms. The second-order valence-electron chi connectivity index (χ2n) is 2.74. The molecule has 1 aliphatic heterocycles. The summed E-state index contributed by atoms with van der Waals surface area (Å²) in [5.74, 6) is 1.62. The van der Waals surface area contributed by atoms with E-state index in [1.807, 2.05) is 23.1 Å². The molecule has 0 aliphatic carbocycles. The van der Waals surface area contributed by atoms with Gasteiger partial charge in [0, 0.05) is 6.54 Å². The monoisotopic (exact) mass is 177 g/mol. The van der Waals surface area contributed by atoms with Gasteiger partial charge in [0.25, 0.3) is 0 Å². The van der Waals surface area contributed by atoms with Crippen LogP contribution in [0.2, 0.25) is 0 Å². The van der Waals surface area contributed by atoms with Crippen LogP contribution in [0.5, 0.6) is 0 Å². The average Bonchev–Trinajstić information content (AvgIpc) is 2.71. The molecule has 0 amide bonds. The molecule has 0 saturated carbocycles. The van der Waals surface area contributed by atoms with Crippen LogP contribution in [0.4, 0.5) is 0 Å². The molecule has 4 nitrogen and oxygen atoms in total. The molecule has 2 rings (SSSR count). The summed E-state index contributed by atoms with van der Waals surface area (Å²) in [6.45, 7) is 5.17. The highest BCUT2D eigenvalue weighted by atomic mass is 16.3. The molecule has 0 saturated heterocycles. The third-order valence-corrected chi connectivity index (χ3v) is 1.84. The van der Waals surface area contributed by atoms with E-state index in [1.165, 1.54) is 0 Å². The minimum absolute atomic E-state index is 0.710. The van der Waals surface area contributed by atoms with Crippen molar-refractivity contribution in [1.82, 2.24) is 10.3 Å². The Hall–Kier alpha value is -1.71. The van der Waals surface area contributed by atoms with Gasteiger partial charge in [-0.15, -0.1) is 6.58 Å². The fraction of sp³-hybridized carbons (Fsp3) is 0.222. The number of hydrogen-bond donors (Lipinski definition) is 1. The van der Waals surface area contributed by atoms with Gasteiger partial charge in [0.2, 0.25) is 0 Å².